The Kier molecular flexibility index (Phi) is 7.33. The molecule has 0 aliphatic rings. The van der Waals surface area contributed by atoms with E-state index in [4.69, 9.17) is 5.11 Å². The number of carbonyl (C=O) groups excluding carboxylic acids is 1. The lowest BCUT2D eigenvalue weighted by Crippen LogP contribution is -2.32. The van der Waals surface area contributed by atoms with Crippen LogP contribution in [0.5, 0.6) is 0 Å². The van der Waals surface area contributed by atoms with E-state index in [-0.39, 0.29) is 30.6 Å². The summed E-state index contributed by atoms with van der Waals surface area (Å²) in [5.74, 6) is -1.41. The topological polar surface area (TPSA) is 117 Å². The fourth-order valence-electron chi connectivity index (χ4n) is 2.46. The van der Waals surface area contributed by atoms with E-state index in [0.29, 0.717) is 5.69 Å². The van der Waals surface area contributed by atoms with Crippen LogP contribution in [0, 0.1) is 0 Å². The van der Waals surface area contributed by atoms with Crippen molar-refractivity contribution in [2.24, 2.45) is 0 Å². The van der Waals surface area contributed by atoms with Crippen molar-refractivity contribution < 1.29 is 36.6 Å². The molecule has 0 aliphatic carbocycles. The van der Waals surface area contributed by atoms with E-state index in [1.807, 2.05) is 4.72 Å². The molecule has 158 valence electrons. The molecule has 7 nitrogen and oxygen atoms in total. The zero-order valence-corrected chi connectivity index (χ0v) is 15.9. The third-order valence-electron chi connectivity index (χ3n) is 3.99. The molecule has 0 bridgehead atoms. The third-order valence-corrected chi connectivity index (χ3v) is 5.31. The maximum Gasteiger partial charge on any atom is 0.416 e. The highest BCUT2D eigenvalue weighted by molar-refractivity contribution is 7.90. The smallest absolute Gasteiger partial charge is 0.390 e. The van der Waals surface area contributed by atoms with Crippen molar-refractivity contribution in [2.75, 3.05) is 5.75 Å². The van der Waals surface area contributed by atoms with Gasteiger partial charge in [-0.25, -0.2) is 13.1 Å². The molecule has 1 amide bonds. The van der Waals surface area contributed by atoms with E-state index < -0.39 is 39.5 Å². The summed E-state index contributed by atoms with van der Waals surface area (Å²) >= 11 is 0. The summed E-state index contributed by atoms with van der Waals surface area (Å²) in [5.41, 5.74) is -0.589. The Morgan fingerprint density at radius 2 is 1.93 bits per heavy atom. The SMILES string of the molecule is O=C(NS(=O)(=O)CCCC(O)c1cccc(C(F)(F)F)c1)c1ccc(CO)nc1. The second kappa shape index (κ2) is 9.33. The van der Waals surface area contributed by atoms with Crippen molar-refractivity contribution >= 4 is 15.9 Å². The molecule has 11 heteroatoms. The summed E-state index contributed by atoms with van der Waals surface area (Å²) in [4.78, 5) is 15.7. The lowest BCUT2D eigenvalue weighted by molar-refractivity contribution is -0.137. The lowest BCUT2D eigenvalue weighted by Gasteiger charge is -2.14. The molecular weight excluding hydrogens is 413 g/mol. The Bertz CT molecular complexity index is 947. The number of nitrogens with one attached hydrogen (secondary N) is 1. The van der Waals surface area contributed by atoms with Crippen molar-refractivity contribution in [2.45, 2.75) is 31.7 Å². The molecule has 0 saturated heterocycles. The van der Waals surface area contributed by atoms with E-state index in [2.05, 4.69) is 4.98 Å². The molecule has 0 aliphatic heterocycles. The Morgan fingerprint density at radius 1 is 1.21 bits per heavy atom. The van der Waals surface area contributed by atoms with E-state index in [9.17, 15) is 31.5 Å². The van der Waals surface area contributed by atoms with Gasteiger partial charge in [0.2, 0.25) is 10.0 Å². The van der Waals surface area contributed by atoms with Gasteiger partial charge in [0, 0.05) is 6.20 Å². The van der Waals surface area contributed by atoms with Crippen molar-refractivity contribution in [1.29, 1.82) is 0 Å². The maximum atomic E-state index is 12.7. The predicted molar refractivity (Wildman–Crippen MR) is 97.1 cm³/mol. The predicted octanol–water partition coefficient (Wildman–Crippen LogP) is 2.17. The van der Waals surface area contributed by atoms with Crippen LogP contribution in [-0.4, -0.2) is 35.3 Å². The van der Waals surface area contributed by atoms with Crippen LogP contribution in [-0.2, 0) is 22.8 Å². The summed E-state index contributed by atoms with van der Waals surface area (Å²) in [5, 5.41) is 18.9. The number of aromatic nitrogens is 1. The van der Waals surface area contributed by atoms with Gasteiger partial charge >= 0.3 is 6.18 Å². The Balaban J connectivity index is 1.90. The van der Waals surface area contributed by atoms with Crippen LogP contribution in [0.4, 0.5) is 13.2 Å². The Hall–Kier alpha value is -2.50. The average Bonchev–Trinajstić information content (AvgIpc) is 2.67. The molecule has 0 fully saturated rings. The first-order valence-electron chi connectivity index (χ1n) is 8.47. The fraction of sp³-hybridized carbons (Fsp3) is 0.333. The van der Waals surface area contributed by atoms with Crippen LogP contribution in [0.1, 0.15) is 46.1 Å². The minimum Gasteiger partial charge on any atom is -0.390 e. The van der Waals surface area contributed by atoms with Gasteiger partial charge in [-0.2, -0.15) is 13.2 Å². The molecular formula is C18H19F3N2O5S. The van der Waals surface area contributed by atoms with Crippen LogP contribution in [0.25, 0.3) is 0 Å². The van der Waals surface area contributed by atoms with Crippen LogP contribution in [0.3, 0.4) is 0 Å². The summed E-state index contributed by atoms with van der Waals surface area (Å²) in [6.07, 6.45) is -4.90. The molecule has 29 heavy (non-hydrogen) atoms. The molecule has 0 radical (unpaired) electrons. The van der Waals surface area contributed by atoms with Crippen molar-refractivity contribution in [3.05, 3.63) is 65.0 Å². The number of sulfonamides is 1. The van der Waals surface area contributed by atoms with E-state index in [0.717, 1.165) is 24.4 Å². The molecule has 0 saturated carbocycles. The number of aliphatic hydroxyl groups is 2. The molecule has 3 N–H and O–H groups in total. The molecule has 1 atom stereocenters. The highest BCUT2D eigenvalue weighted by Gasteiger charge is 2.30. The third kappa shape index (κ3) is 6.80. The van der Waals surface area contributed by atoms with Gasteiger partial charge in [0.05, 0.1) is 35.3 Å². The number of amides is 1. The molecule has 2 rings (SSSR count). The van der Waals surface area contributed by atoms with Crippen LogP contribution >= 0.6 is 0 Å². The van der Waals surface area contributed by atoms with Gasteiger partial charge in [-0.15, -0.1) is 0 Å². The second-order valence-corrected chi connectivity index (χ2v) is 8.07. The van der Waals surface area contributed by atoms with Crippen molar-refractivity contribution in [3.63, 3.8) is 0 Å². The van der Waals surface area contributed by atoms with Crippen molar-refractivity contribution in [1.82, 2.24) is 9.71 Å². The van der Waals surface area contributed by atoms with Crippen LogP contribution in [0.2, 0.25) is 0 Å². The highest BCUT2D eigenvalue weighted by Crippen LogP contribution is 2.31. The van der Waals surface area contributed by atoms with E-state index in [1.165, 1.54) is 18.2 Å². The fourth-order valence-corrected chi connectivity index (χ4v) is 3.51. The molecule has 1 heterocycles. The number of benzene rings is 1. The largest absolute Gasteiger partial charge is 0.416 e. The number of alkyl halides is 3. The van der Waals surface area contributed by atoms with Gasteiger partial charge in [-0.3, -0.25) is 9.78 Å². The molecule has 1 aromatic carbocycles. The minimum absolute atomic E-state index is 0.0187. The number of hydrogen-bond acceptors (Lipinski definition) is 6. The second-order valence-electron chi connectivity index (χ2n) is 6.23. The summed E-state index contributed by atoms with van der Waals surface area (Å²) in [6, 6.07) is 6.84. The molecule has 1 aromatic heterocycles. The number of pyridine rings is 1. The lowest BCUT2D eigenvalue weighted by atomic mass is 10.0. The normalized spacial score (nSPS) is 13.1. The Labute approximate surface area is 165 Å². The molecule has 2 aromatic rings. The van der Waals surface area contributed by atoms with Gasteiger partial charge in [0.15, 0.2) is 0 Å². The van der Waals surface area contributed by atoms with Crippen molar-refractivity contribution in [3.8, 4) is 0 Å². The number of carbonyl (C=O) groups is 1. The number of halogens is 3. The maximum absolute atomic E-state index is 12.7. The first-order chi connectivity index (χ1) is 13.5. The van der Waals surface area contributed by atoms with Gasteiger partial charge in [0.25, 0.3) is 5.91 Å². The Morgan fingerprint density at radius 3 is 2.52 bits per heavy atom. The number of rotatable bonds is 8. The number of hydrogen-bond donors (Lipinski definition) is 3. The van der Waals surface area contributed by atoms with E-state index in [1.54, 1.807) is 0 Å². The van der Waals surface area contributed by atoms with E-state index >= 15 is 0 Å². The molecule has 0 spiro atoms. The zero-order valence-electron chi connectivity index (χ0n) is 15.1. The highest BCUT2D eigenvalue weighted by atomic mass is 32.2. The quantitative estimate of drug-likeness (QED) is 0.589. The first kappa shape index (κ1) is 22.8. The zero-order chi connectivity index (χ0) is 21.7. The monoisotopic (exact) mass is 432 g/mol. The standard InChI is InChI=1S/C18H19F3N2O5S/c19-18(20,21)14-4-1-3-12(9-14)16(25)5-2-8-29(27,28)23-17(26)13-6-7-15(11-24)22-10-13/h1,3-4,6-7,9-10,16,24-25H,2,5,8,11H2,(H,23,26). The average molecular weight is 432 g/mol. The number of nitrogens with zero attached hydrogens (tertiary/aromatic N) is 1. The minimum atomic E-state index is -4.55. The van der Waals surface area contributed by atoms with Gasteiger partial charge in [-0.1, -0.05) is 12.1 Å². The van der Waals surface area contributed by atoms with Gasteiger partial charge in [-0.05, 0) is 42.7 Å². The van der Waals surface area contributed by atoms with Crippen LogP contribution in [0.15, 0.2) is 42.6 Å². The molecule has 1 unspecified atom stereocenters. The summed E-state index contributed by atoms with van der Waals surface area (Å²) in [6.45, 7) is -0.325. The summed E-state index contributed by atoms with van der Waals surface area (Å²) in [7, 11) is -4.02. The first-order valence-corrected chi connectivity index (χ1v) is 10.1. The van der Waals surface area contributed by atoms with Gasteiger partial charge < -0.3 is 10.2 Å². The van der Waals surface area contributed by atoms with Gasteiger partial charge in [0.1, 0.15) is 0 Å². The van der Waals surface area contributed by atoms with Crippen LogP contribution < -0.4 is 4.72 Å². The summed E-state index contributed by atoms with van der Waals surface area (Å²) < 4.78 is 64.1. The number of aliphatic hydroxyl groups excluding tert-OH is 2.